The van der Waals surface area contributed by atoms with Crippen molar-refractivity contribution in [3.63, 3.8) is 0 Å². The van der Waals surface area contributed by atoms with E-state index in [4.69, 9.17) is 11.2 Å². The van der Waals surface area contributed by atoms with Crippen molar-refractivity contribution in [2.24, 2.45) is 0 Å². The third kappa shape index (κ3) is 3.23. The average molecular weight is 272 g/mol. The smallest absolute Gasteiger partial charge is 0.158 e. The van der Waals surface area contributed by atoms with Gasteiger partial charge in [0.05, 0.1) is 26.7 Å². The van der Waals surface area contributed by atoms with Gasteiger partial charge in [-0.25, -0.2) is 0 Å². The molecule has 1 fully saturated rings. The van der Waals surface area contributed by atoms with Gasteiger partial charge in [-0.3, -0.25) is 0 Å². The summed E-state index contributed by atoms with van der Waals surface area (Å²) in [6, 6.07) is 10.2. The molecule has 0 amide bonds. The van der Waals surface area contributed by atoms with Gasteiger partial charge in [0.1, 0.15) is 0 Å². The highest BCUT2D eigenvalue weighted by molar-refractivity contribution is 5.30. The fourth-order valence-corrected chi connectivity index (χ4v) is 3.21. The second-order valence-electron chi connectivity index (χ2n) is 6.14. The summed E-state index contributed by atoms with van der Waals surface area (Å²) in [5, 5.41) is 0. The lowest BCUT2D eigenvalue weighted by molar-refractivity contribution is -0.914. The van der Waals surface area contributed by atoms with Crippen LogP contribution in [0.1, 0.15) is 31.2 Å². The first-order chi connectivity index (χ1) is 9.64. The van der Waals surface area contributed by atoms with Gasteiger partial charge in [0.15, 0.2) is 5.60 Å². The lowest BCUT2D eigenvalue weighted by atomic mass is 9.90. The molecule has 2 rings (SSSR count). The van der Waals surface area contributed by atoms with Crippen LogP contribution in [0.2, 0.25) is 0 Å². The van der Waals surface area contributed by atoms with Crippen molar-refractivity contribution in [3.05, 3.63) is 35.9 Å². The number of nitrogens with zero attached hydrogens (tertiary/aromatic N) is 1. The number of benzene rings is 1. The molecular formula is C18H26NO+. The highest BCUT2D eigenvalue weighted by Gasteiger charge is 2.34. The van der Waals surface area contributed by atoms with Crippen LogP contribution in [-0.2, 0) is 10.3 Å². The summed E-state index contributed by atoms with van der Waals surface area (Å²) < 4.78 is 6.89. The number of rotatable bonds is 5. The van der Waals surface area contributed by atoms with E-state index in [-0.39, 0.29) is 0 Å². The zero-order valence-corrected chi connectivity index (χ0v) is 12.8. The third-order valence-corrected chi connectivity index (χ3v) is 4.72. The van der Waals surface area contributed by atoms with Gasteiger partial charge in [-0.15, -0.1) is 6.42 Å². The minimum Gasteiger partial charge on any atom is -0.361 e. The molecule has 0 N–H and O–H groups in total. The molecule has 2 nitrogen and oxygen atoms in total. The van der Waals surface area contributed by atoms with Crippen molar-refractivity contribution in [2.45, 2.75) is 31.3 Å². The Morgan fingerprint density at radius 3 is 2.40 bits per heavy atom. The summed E-state index contributed by atoms with van der Waals surface area (Å²) in [4.78, 5) is 0. The average Bonchev–Trinajstić information content (AvgIpc) is 2.51. The fourth-order valence-electron chi connectivity index (χ4n) is 3.21. The Balaban J connectivity index is 2.12. The predicted octanol–water partition coefficient (Wildman–Crippen LogP) is 3.18. The highest BCUT2D eigenvalue weighted by atomic mass is 16.5. The van der Waals surface area contributed by atoms with Gasteiger partial charge in [0.25, 0.3) is 0 Å². The number of quaternary nitrogens is 1. The number of likely N-dealkylation sites (tertiary alicyclic amines) is 1. The summed E-state index contributed by atoms with van der Waals surface area (Å²) in [6.45, 7) is 3.60. The number of hydrogen-bond acceptors (Lipinski definition) is 1. The molecule has 0 radical (unpaired) electrons. The zero-order chi connectivity index (χ0) is 14.5. The van der Waals surface area contributed by atoms with Crippen LogP contribution in [0, 0.1) is 12.3 Å². The van der Waals surface area contributed by atoms with E-state index in [9.17, 15) is 0 Å². The van der Waals surface area contributed by atoms with Crippen LogP contribution in [0.3, 0.4) is 0 Å². The first-order valence-corrected chi connectivity index (χ1v) is 7.56. The number of terminal acetylenes is 1. The topological polar surface area (TPSA) is 9.23 Å². The molecule has 1 saturated heterocycles. The highest BCUT2D eigenvalue weighted by Crippen LogP contribution is 2.30. The van der Waals surface area contributed by atoms with Crippen molar-refractivity contribution in [1.82, 2.24) is 0 Å². The lowest BCUT2D eigenvalue weighted by Gasteiger charge is -2.40. The summed E-state index contributed by atoms with van der Waals surface area (Å²) in [5.74, 6) is 2.91. The van der Waals surface area contributed by atoms with Crippen molar-refractivity contribution in [1.29, 1.82) is 0 Å². The molecule has 2 heteroatoms. The molecule has 1 heterocycles. The molecule has 1 aromatic carbocycles. The fraction of sp³-hybridized carbons (Fsp3) is 0.556. The zero-order valence-electron chi connectivity index (χ0n) is 12.8. The van der Waals surface area contributed by atoms with E-state index in [1.54, 1.807) is 7.11 Å². The van der Waals surface area contributed by atoms with Gasteiger partial charge in [0, 0.05) is 13.5 Å². The summed E-state index contributed by atoms with van der Waals surface area (Å²) >= 11 is 0. The molecule has 1 atom stereocenters. The maximum atomic E-state index is 5.83. The van der Waals surface area contributed by atoms with Crippen LogP contribution in [0.5, 0.6) is 0 Å². The van der Waals surface area contributed by atoms with Gasteiger partial charge in [0.2, 0.25) is 0 Å². The number of hydrogen-bond donors (Lipinski definition) is 0. The molecule has 1 aromatic rings. The van der Waals surface area contributed by atoms with Crippen LogP contribution in [-0.4, -0.2) is 38.3 Å². The molecule has 108 valence electrons. The van der Waals surface area contributed by atoms with Crippen LogP contribution in [0.4, 0.5) is 0 Å². The van der Waals surface area contributed by atoms with Crippen molar-refractivity contribution >= 4 is 0 Å². The first-order valence-electron chi connectivity index (χ1n) is 7.56. The Morgan fingerprint density at radius 1 is 1.20 bits per heavy atom. The summed E-state index contributed by atoms with van der Waals surface area (Å²) in [5.41, 5.74) is 0.508. The molecule has 0 aliphatic carbocycles. The molecule has 0 bridgehead atoms. The van der Waals surface area contributed by atoms with E-state index in [1.807, 2.05) is 18.2 Å². The van der Waals surface area contributed by atoms with E-state index in [0.29, 0.717) is 0 Å². The quantitative estimate of drug-likeness (QED) is 0.591. The normalized spacial score (nSPS) is 20.9. The van der Waals surface area contributed by atoms with E-state index < -0.39 is 5.60 Å². The Kier molecular flexibility index (Phi) is 4.86. The van der Waals surface area contributed by atoms with Gasteiger partial charge < -0.3 is 9.22 Å². The minimum absolute atomic E-state index is 0.583. The van der Waals surface area contributed by atoms with Gasteiger partial charge in [-0.2, -0.15) is 0 Å². The third-order valence-electron chi connectivity index (χ3n) is 4.72. The van der Waals surface area contributed by atoms with E-state index in [1.165, 1.54) is 32.4 Å². The molecule has 0 unspecified atom stereocenters. The van der Waals surface area contributed by atoms with Crippen LogP contribution < -0.4 is 0 Å². The molecule has 1 aliphatic rings. The number of methoxy groups -OCH3 is 1. The molecule has 1 aliphatic heterocycles. The second kappa shape index (κ2) is 6.43. The monoisotopic (exact) mass is 272 g/mol. The predicted molar refractivity (Wildman–Crippen MR) is 83.2 cm³/mol. The molecule has 0 aromatic heterocycles. The van der Waals surface area contributed by atoms with E-state index >= 15 is 0 Å². The van der Waals surface area contributed by atoms with Gasteiger partial charge in [-0.1, -0.05) is 36.3 Å². The minimum atomic E-state index is -0.583. The van der Waals surface area contributed by atoms with Crippen molar-refractivity contribution < 1.29 is 9.22 Å². The van der Waals surface area contributed by atoms with E-state index in [2.05, 4.69) is 25.1 Å². The molecular weight excluding hydrogens is 246 g/mol. The molecule has 0 spiro atoms. The summed E-state index contributed by atoms with van der Waals surface area (Å²) in [6.07, 6.45) is 10.7. The number of ether oxygens (including phenoxy) is 1. The van der Waals surface area contributed by atoms with Crippen LogP contribution in [0.15, 0.2) is 30.3 Å². The van der Waals surface area contributed by atoms with Crippen molar-refractivity contribution in [2.75, 3.05) is 33.8 Å². The Hall–Kier alpha value is -1.30. The van der Waals surface area contributed by atoms with Crippen LogP contribution in [0.25, 0.3) is 0 Å². The Morgan fingerprint density at radius 2 is 1.85 bits per heavy atom. The SMILES string of the molecule is C#C[C@](CC[N+]1(C)CCCCC1)(OC)c1ccccc1. The Labute approximate surface area is 123 Å². The van der Waals surface area contributed by atoms with Gasteiger partial charge in [-0.05, 0) is 24.8 Å². The van der Waals surface area contributed by atoms with E-state index in [0.717, 1.165) is 23.0 Å². The van der Waals surface area contributed by atoms with Crippen molar-refractivity contribution in [3.8, 4) is 12.3 Å². The molecule has 20 heavy (non-hydrogen) atoms. The first kappa shape index (κ1) is 15.1. The van der Waals surface area contributed by atoms with Gasteiger partial charge >= 0.3 is 0 Å². The largest absolute Gasteiger partial charge is 0.361 e. The lowest BCUT2D eigenvalue weighted by Crippen LogP contribution is -2.50. The number of piperidine rings is 1. The molecule has 0 saturated carbocycles. The van der Waals surface area contributed by atoms with Crippen LogP contribution >= 0.6 is 0 Å². The maximum absolute atomic E-state index is 5.83. The second-order valence-corrected chi connectivity index (χ2v) is 6.14. The Bertz CT molecular complexity index is 456. The maximum Gasteiger partial charge on any atom is 0.158 e. The summed E-state index contributed by atoms with van der Waals surface area (Å²) in [7, 11) is 4.07. The standard InChI is InChI=1S/C18H26NO/c1-4-18(20-3,17-11-7-5-8-12-17)13-16-19(2)14-9-6-10-15-19/h1,5,7-8,11-12H,6,9-10,13-16H2,2-3H3/q+1/t18-/m1/s1.